The minimum Gasteiger partial charge on any atom is -0.352 e. The zero-order valence-electron chi connectivity index (χ0n) is 12.3. The maximum atomic E-state index is 12.1. The van der Waals surface area contributed by atoms with Gasteiger partial charge in [-0.05, 0) is 30.9 Å². The Labute approximate surface area is 135 Å². The number of benzene rings is 1. The van der Waals surface area contributed by atoms with Crippen LogP contribution in [0.1, 0.15) is 29.6 Å². The first-order valence-corrected chi connectivity index (χ1v) is 7.77. The Morgan fingerprint density at radius 3 is 2.64 bits per heavy atom. The minimum atomic E-state index is -0.117. The number of hydrogen-bond donors (Lipinski definition) is 2. The summed E-state index contributed by atoms with van der Waals surface area (Å²) in [5.41, 5.74) is 0.576. The molecule has 0 unspecified atom stereocenters. The summed E-state index contributed by atoms with van der Waals surface area (Å²) >= 11 is 4.28. The Kier molecular flexibility index (Phi) is 5.84. The summed E-state index contributed by atoms with van der Waals surface area (Å²) in [4.78, 5) is 26.1. The fraction of sp³-hybridized carbons (Fsp3) is 0.438. The first-order chi connectivity index (χ1) is 10.6. The molecule has 1 aliphatic heterocycles. The number of amides is 2. The second-order valence-corrected chi connectivity index (χ2v) is 5.87. The van der Waals surface area contributed by atoms with Crippen LogP contribution in [-0.4, -0.2) is 36.3 Å². The minimum absolute atomic E-state index is 0.0554. The van der Waals surface area contributed by atoms with Crippen molar-refractivity contribution >= 4 is 24.4 Å². The maximum Gasteiger partial charge on any atom is 0.252 e. The largest absolute Gasteiger partial charge is 0.352 e. The van der Waals surface area contributed by atoms with Crippen LogP contribution >= 0.6 is 12.6 Å². The van der Waals surface area contributed by atoms with Crippen molar-refractivity contribution in [2.24, 2.45) is 5.92 Å². The lowest BCUT2D eigenvalue weighted by molar-refractivity contribution is -0.131. The van der Waals surface area contributed by atoms with E-state index in [9.17, 15) is 9.59 Å². The molecule has 1 fully saturated rings. The predicted octanol–water partition coefficient (Wildman–Crippen LogP) is 1.86. The summed E-state index contributed by atoms with van der Waals surface area (Å²) in [5.74, 6) is 0.143. The second kappa shape index (κ2) is 7.85. The fourth-order valence-corrected chi connectivity index (χ4v) is 2.83. The molecule has 0 aromatic heterocycles. The molecule has 0 saturated carbocycles. The van der Waals surface area contributed by atoms with Gasteiger partial charge in [0.25, 0.3) is 5.91 Å². The van der Waals surface area contributed by atoms with Gasteiger partial charge in [0.1, 0.15) is 6.42 Å². The lowest BCUT2D eigenvalue weighted by Gasteiger charge is -2.31. The zero-order chi connectivity index (χ0) is 15.9. The molecule has 0 atom stereocenters. The van der Waals surface area contributed by atoms with Crippen molar-refractivity contribution in [3.8, 4) is 6.07 Å². The fourth-order valence-electron chi connectivity index (χ4n) is 2.56. The van der Waals surface area contributed by atoms with Gasteiger partial charge in [0, 0.05) is 24.5 Å². The molecule has 1 aromatic carbocycles. The summed E-state index contributed by atoms with van der Waals surface area (Å²) < 4.78 is 0. The molecule has 1 aromatic rings. The lowest BCUT2D eigenvalue weighted by atomic mass is 9.96. The predicted molar refractivity (Wildman–Crippen MR) is 85.6 cm³/mol. The molecule has 1 aliphatic rings. The SMILES string of the molecule is N#CCC(=O)N1CCC(CNC(=O)c2ccccc2S)CC1. The summed E-state index contributed by atoms with van der Waals surface area (Å²) in [7, 11) is 0. The number of carbonyl (C=O) groups excluding carboxylic acids is 2. The van der Waals surface area contributed by atoms with Gasteiger partial charge in [0.05, 0.1) is 11.6 Å². The third-order valence-corrected chi connectivity index (χ3v) is 4.29. The smallest absolute Gasteiger partial charge is 0.252 e. The number of likely N-dealkylation sites (tertiary alicyclic amines) is 1. The summed E-state index contributed by atoms with van der Waals surface area (Å²) in [6.07, 6.45) is 1.64. The zero-order valence-corrected chi connectivity index (χ0v) is 13.2. The highest BCUT2D eigenvalue weighted by molar-refractivity contribution is 7.80. The molecule has 22 heavy (non-hydrogen) atoms. The average molecular weight is 317 g/mol. The number of nitrogens with one attached hydrogen (secondary N) is 1. The van der Waals surface area contributed by atoms with E-state index < -0.39 is 0 Å². The van der Waals surface area contributed by atoms with E-state index in [1.54, 1.807) is 17.0 Å². The molecule has 1 heterocycles. The number of thiol groups is 1. The van der Waals surface area contributed by atoms with Gasteiger partial charge in [0.15, 0.2) is 0 Å². The molecule has 2 rings (SSSR count). The van der Waals surface area contributed by atoms with Crippen LogP contribution in [-0.2, 0) is 4.79 Å². The van der Waals surface area contributed by atoms with Crippen molar-refractivity contribution < 1.29 is 9.59 Å². The highest BCUT2D eigenvalue weighted by Gasteiger charge is 2.23. The van der Waals surface area contributed by atoms with Gasteiger partial charge in [-0.25, -0.2) is 0 Å². The van der Waals surface area contributed by atoms with E-state index in [1.165, 1.54) is 0 Å². The standard InChI is InChI=1S/C16H19N3O2S/c17-8-5-15(20)19-9-6-12(7-10-19)11-18-16(21)13-3-1-2-4-14(13)22/h1-4,12,22H,5-7,9-11H2,(H,18,21). The van der Waals surface area contributed by atoms with Crippen molar-refractivity contribution in [2.45, 2.75) is 24.2 Å². The van der Waals surface area contributed by atoms with Crippen molar-refractivity contribution in [2.75, 3.05) is 19.6 Å². The first-order valence-electron chi connectivity index (χ1n) is 7.32. The summed E-state index contributed by atoms with van der Waals surface area (Å²) in [5, 5.41) is 11.5. The second-order valence-electron chi connectivity index (χ2n) is 5.39. The Morgan fingerprint density at radius 1 is 1.32 bits per heavy atom. The molecular weight excluding hydrogens is 298 g/mol. The van der Waals surface area contributed by atoms with E-state index >= 15 is 0 Å². The molecule has 0 radical (unpaired) electrons. The number of rotatable bonds is 4. The third-order valence-electron chi connectivity index (χ3n) is 3.90. The van der Waals surface area contributed by atoms with Crippen LogP contribution in [0.4, 0.5) is 0 Å². The Morgan fingerprint density at radius 2 is 2.00 bits per heavy atom. The molecule has 1 saturated heterocycles. The number of piperidine rings is 1. The lowest BCUT2D eigenvalue weighted by Crippen LogP contribution is -2.41. The highest BCUT2D eigenvalue weighted by Crippen LogP contribution is 2.18. The average Bonchev–Trinajstić information content (AvgIpc) is 2.54. The van der Waals surface area contributed by atoms with Gasteiger partial charge in [-0.3, -0.25) is 9.59 Å². The molecule has 116 valence electrons. The van der Waals surface area contributed by atoms with Crippen LogP contribution < -0.4 is 5.32 Å². The summed E-state index contributed by atoms with van der Waals surface area (Å²) in [6, 6.07) is 9.08. The van der Waals surface area contributed by atoms with E-state index in [-0.39, 0.29) is 18.2 Å². The topological polar surface area (TPSA) is 73.2 Å². The van der Waals surface area contributed by atoms with Crippen LogP contribution in [0.25, 0.3) is 0 Å². The number of nitriles is 1. The number of carbonyl (C=O) groups is 2. The molecular formula is C16H19N3O2S. The molecule has 2 amide bonds. The number of nitrogens with zero attached hydrogens (tertiary/aromatic N) is 2. The number of hydrogen-bond acceptors (Lipinski definition) is 4. The quantitative estimate of drug-likeness (QED) is 0.833. The normalized spacial score (nSPS) is 15.2. The van der Waals surface area contributed by atoms with Crippen molar-refractivity contribution in [1.82, 2.24) is 10.2 Å². The van der Waals surface area contributed by atoms with E-state index in [2.05, 4.69) is 17.9 Å². The van der Waals surface area contributed by atoms with Crippen LogP contribution in [0.5, 0.6) is 0 Å². The van der Waals surface area contributed by atoms with E-state index in [1.807, 2.05) is 18.2 Å². The maximum absolute atomic E-state index is 12.1. The van der Waals surface area contributed by atoms with Crippen LogP contribution in [0.2, 0.25) is 0 Å². The first kappa shape index (κ1) is 16.4. The van der Waals surface area contributed by atoms with Crippen molar-refractivity contribution in [3.63, 3.8) is 0 Å². The van der Waals surface area contributed by atoms with Crippen molar-refractivity contribution in [3.05, 3.63) is 29.8 Å². The Bertz CT molecular complexity index is 589. The highest BCUT2D eigenvalue weighted by atomic mass is 32.1. The van der Waals surface area contributed by atoms with Gasteiger partial charge in [-0.1, -0.05) is 12.1 Å². The van der Waals surface area contributed by atoms with Gasteiger partial charge in [-0.2, -0.15) is 5.26 Å². The van der Waals surface area contributed by atoms with Gasteiger partial charge in [-0.15, -0.1) is 12.6 Å². The molecule has 6 heteroatoms. The van der Waals surface area contributed by atoms with E-state index in [4.69, 9.17) is 5.26 Å². The van der Waals surface area contributed by atoms with Gasteiger partial charge < -0.3 is 10.2 Å². The van der Waals surface area contributed by atoms with E-state index in [0.717, 1.165) is 12.8 Å². The molecule has 0 bridgehead atoms. The molecule has 1 N–H and O–H groups in total. The van der Waals surface area contributed by atoms with Gasteiger partial charge >= 0.3 is 0 Å². The Balaban J connectivity index is 1.78. The van der Waals surface area contributed by atoms with Gasteiger partial charge in [0.2, 0.25) is 5.91 Å². The van der Waals surface area contributed by atoms with E-state index in [0.29, 0.717) is 36.0 Å². The van der Waals surface area contributed by atoms with Crippen LogP contribution in [0.3, 0.4) is 0 Å². The summed E-state index contributed by atoms with van der Waals surface area (Å²) in [6.45, 7) is 1.91. The molecule has 0 aliphatic carbocycles. The Hall–Kier alpha value is -2.00. The molecule has 0 spiro atoms. The van der Waals surface area contributed by atoms with Crippen LogP contribution in [0, 0.1) is 17.2 Å². The van der Waals surface area contributed by atoms with Crippen LogP contribution in [0.15, 0.2) is 29.2 Å². The molecule has 5 nitrogen and oxygen atoms in total. The van der Waals surface area contributed by atoms with Crippen molar-refractivity contribution in [1.29, 1.82) is 5.26 Å². The monoisotopic (exact) mass is 317 g/mol. The third kappa shape index (κ3) is 4.25.